The van der Waals surface area contributed by atoms with Crippen LogP contribution in [0.25, 0.3) is 0 Å². The van der Waals surface area contributed by atoms with Crippen LogP contribution in [0.4, 0.5) is 0 Å². The van der Waals surface area contributed by atoms with E-state index < -0.39 is 11.8 Å². The van der Waals surface area contributed by atoms with E-state index in [9.17, 15) is 9.59 Å². The Morgan fingerprint density at radius 2 is 1.65 bits per heavy atom. The lowest BCUT2D eigenvalue weighted by atomic mass is 10.2. The van der Waals surface area contributed by atoms with Gasteiger partial charge in [0.15, 0.2) is 6.61 Å². The van der Waals surface area contributed by atoms with Gasteiger partial charge in [0, 0.05) is 10.0 Å². The number of hydrogen-bond donors (Lipinski definition) is 2. The molecule has 0 unspecified atom stereocenters. The van der Waals surface area contributed by atoms with Crippen LogP contribution in [0.15, 0.2) is 53.0 Å². The minimum Gasteiger partial charge on any atom is -0.484 e. The standard InChI is InChI=1S/C17H17BrN2O3/c1-2-12-3-9-15(10-4-12)23-11-16(21)19-20-17(22)13-5-7-14(18)8-6-13/h3-10H,2,11H2,1H3,(H,19,21)(H,20,22). The van der Waals surface area contributed by atoms with Gasteiger partial charge in [-0.2, -0.15) is 0 Å². The topological polar surface area (TPSA) is 67.4 Å². The van der Waals surface area contributed by atoms with Crippen LogP contribution >= 0.6 is 15.9 Å². The highest BCUT2D eigenvalue weighted by atomic mass is 79.9. The van der Waals surface area contributed by atoms with Crippen molar-refractivity contribution < 1.29 is 14.3 Å². The molecule has 0 radical (unpaired) electrons. The number of ether oxygens (including phenoxy) is 1. The van der Waals surface area contributed by atoms with E-state index in [1.54, 1.807) is 24.3 Å². The third-order valence-electron chi connectivity index (χ3n) is 3.12. The van der Waals surface area contributed by atoms with Crippen LogP contribution in [0.2, 0.25) is 0 Å². The number of aryl methyl sites for hydroxylation is 1. The van der Waals surface area contributed by atoms with Crippen LogP contribution in [0.1, 0.15) is 22.8 Å². The molecule has 0 saturated heterocycles. The van der Waals surface area contributed by atoms with Gasteiger partial charge in [0.25, 0.3) is 11.8 Å². The van der Waals surface area contributed by atoms with E-state index in [4.69, 9.17) is 4.74 Å². The maximum Gasteiger partial charge on any atom is 0.276 e. The summed E-state index contributed by atoms with van der Waals surface area (Å²) >= 11 is 3.29. The van der Waals surface area contributed by atoms with Crippen molar-refractivity contribution in [3.05, 3.63) is 64.1 Å². The van der Waals surface area contributed by atoms with Crippen LogP contribution in [0.5, 0.6) is 5.75 Å². The second-order valence-corrected chi connectivity index (χ2v) is 5.71. The van der Waals surface area contributed by atoms with Crippen molar-refractivity contribution in [3.63, 3.8) is 0 Å². The first kappa shape index (κ1) is 17.0. The molecule has 0 atom stereocenters. The number of nitrogens with one attached hydrogen (secondary N) is 2. The third kappa shape index (κ3) is 5.41. The summed E-state index contributed by atoms with van der Waals surface area (Å²) in [5.74, 6) is -0.218. The highest BCUT2D eigenvalue weighted by Crippen LogP contribution is 2.12. The predicted octanol–water partition coefficient (Wildman–Crippen LogP) is 2.85. The van der Waals surface area contributed by atoms with Gasteiger partial charge in [0.1, 0.15) is 5.75 Å². The fourth-order valence-corrected chi connectivity index (χ4v) is 2.07. The van der Waals surface area contributed by atoms with E-state index in [-0.39, 0.29) is 6.61 Å². The molecule has 0 fully saturated rings. The minimum absolute atomic E-state index is 0.175. The smallest absolute Gasteiger partial charge is 0.276 e. The molecule has 0 aliphatic rings. The molecule has 23 heavy (non-hydrogen) atoms. The number of hydrogen-bond acceptors (Lipinski definition) is 3. The Morgan fingerprint density at radius 1 is 1.00 bits per heavy atom. The molecule has 5 nitrogen and oxygen atoms in total. The fraction of sp³-hybridized carbons (Fsp3) is 0.176. The van der Waals surface area contributed by atoms with Crippen molar-refractivity contribution in [1.29, 1.82) is 0 Å². The van der Waals surface area contributed by atoms with Gasteiger partial charge in [-0.25, -0.2) is 0 Å². The molecule has 0 aliphatic carbocycles. The average Bonchev–Trinajstić information content (AvgIpc) is 2.59. The molecular formula is C17H17BrN2O3. The average molecular weight is 377 g/mol. The lowest BCUT2D eigenvalue weighted by Crippen LogP contribution is -2.43. The van der Waals surface area contributed by atoms with Crippen molar-refractivity contribution in [1.82, 2.24) is 10.9 Å². The Kier molecular flexibility index (Phi) is 6.17. The maximum absolute atomic E-state index is 11.8. The van der Waals surface area contributed by atoms with E-state index in [1.165, 1.54) is 5.56 Å². The van der Waals surface area contributed by atoms with Gasteiger partial charge in [-0.15, -0.1) is 0 Å². The Labute approximate surface area is 143 Å². The third-order valence-corrected chi connectivity index (χ3v) is 3.65. The molecule has 120 valence electrons. The fourth-order valence-electron chi connectivity index (χ4n) is 1.81. The number of carbonyl (C=O) groups excluding carboxylic acids is 2. The molecule has 0 spiro atoms. The van der Waals surface area contributed by atoms with Gasteiger partial charge >= 0.3 is 0 Å². The SMILES string of the molecule is CCc1ccc(OCC(=O)NNC(=O)c2ccc(Br)cc2)cc1. The second-order valence-electron chi connectivity index (χ2n) is 4.80. The molecule has 2 amide bonds. The molecule has 0 aromatic heterocycles. The van der Waals surface area contributed by atoms with Gasteiger partial charge in [0.2, 0.25) is 0 Å². The van der Waals surface area contributed by atoms with Crippen molar-refractivity contribution in [2.24, 2.45) is 0 Å². The minimum atomic E-state index is -0.435. The lowest BCUT2D eigenvalue weighted by molar-refractivity contribution is -0.123. The largest absolute Gasteiger partial charge is 0.484 e. The Hall–Kier alpha value is -2.34. The number of amides is 2. The zero-order chi connectivity index (χ0) is 16.7. The zero-order valence-electron chi connectivity index (χ0n) is 12.6. The number of carbonyl (C=O) groups is 2. The van der Waals surface area contributed by atoms with Crippen LogP contribution in [0, 0.1) is 0 Å². The summed E-state index contributed by atoms with van der Waals surface area (Å²) in [5.41, 5.74) is 6.30. The summed E-state index contributed by atoms with van der Waals surface area (Å²) in [5, 5.41) is 0. The normalized spacial score (nSPS) is 10.0. The number of rotatable bonds is 5. The summed E-state index contributed by atoms with van der Waals surface area (Å²) in [7, 11) is 0. The van der Waals surface area contributed by atoms with Crippen LogP contribution < -0.4 is 15.6 Å². The van der Waals surface area contributed by atoms with E-state index >= 15 is 0 Å². The van der Waals surface area contributed by atoms with Gasteiger partial charge in [0.05, 0.1) is 0 Å². The first-order valence-electron chi connectivity index (χ1n) is 7.15. The maximum atomic E-state index is 11.8. The highest BCUT2D eigenvalue weighted by Gasteiger charge is 2.07. The molecule has 2 rings (SSSR count). The zero-order valence-corrected chi connectivity index (χ0v) is 14.2. The quantitative estimate of drug-likeness (QED) is 0.788. The summed E-state index contributed by atoms with van der Waals surface area (Å²) in [6, 6.07) is 14.3. The molecule has 2 aromatic rings. The molecular weight excluding hydrogens is 360 g/mol. The number of halogens is 1. The molecule has 2 N–H and O–H groups in total. The summed E-state index contributed by atoms with van der Waals surface area (Å²) in [6.45, 7) is 1.89. The Bertz CT molecular complexity index is 669. The predicted molar refractivity (Wildman–Crippen MR) is 91.1 cm³/mol. The van der Waals surface area contributed by atoms with Crippen molar-refractivity contribution >= 4 is 27.7 Å². The molecule has 0 heterocycles. The van der Waals surface area contributed by atoms with Gasteiger partial charge < -0.3 is 4.74 Å². The monoisotopic (exact) mass is 376 g/mol. The van der Waals surface area contributed by atoms with Gasteiger partial charge in [-0.1, -0.05) is 35.0 Å². The molecule has 0 saturated carbocycles. The van der Waals surface area contributed by atoms with Crippen molar-refractivity contribution in [2.75, 3.05) is 6.61 Å². The van der Waals surface area contributed by atoms with E-state index in [2.05, 4.69) is 33.7 Å². The number of benzene rings is 2. The van der Waals surface area contributed by atoms with Gasteiger partial charge in [-0.05, 0) is 48.4 Å². The first-order chi connectivity index (χ1) is 11.1. The van der Waals surface area contributed by atoms with Gasteiger partial charge in [-0.3, -0.25) is 20.4 Å². The summed E-state index contributed by atoms with van der Waals surface area (Å²) in [4.78, 5) is 23.5. The van der Waals surface area contributed by atoms with E-state index in [0.717, 1.165) is 10.9 Å². The molecule has 2 aromatic carbocycles. The molecule has 6 heteroatoms. The number of hydrazine groups is 1. The summed E-state index contributed by atoms with van der Waals surface area (Å²) < 4.78 is 6.23. The van der Waals surface area contributed by atoms with E-state index in [1.807, 2.05) is 24.3 Å². The van der Waals surface area contributed by atoms with Crippen LogP contribution in [0.3, 0.4) is 0 Å². The first-order valence-corrected chi connectivity index (χ1v) is 7.94. The molecule has 0 aliphatic heterocycles. The Balaban J connectivity index is 1.76. The summed E-state index contributed by atoms with van der Waals surface area (Å²) in [6.07, 6.45) is 0.947. The van der Waals surface area contributed by atoms with Crippen molar-refractivity contribution in [2.45, 2.75) is 13.3 Å². The van der Waals surface area contributed by atoms with Crippen molar-refractivity contribution in [3.8, 4) is 5.75 Å². The second kappa shape index (κ2) is 8.33. The Morgan fingerprint density at radius 3 is 2.26 bits per heavy atom. The highest BCUT2D eigenvalue weighted by molar-refractivity contribution is 9.10. The lowest BCUT2D eigenvalue weighted by Gasteiger charge is -2.09. The van der Waals surface area contributed by atoms with Crippen LogP contribution in [-0.4, -0.2) is 18.4 Å². The molecule has 0 bridgehead atoms. The van der Waals surface area contributed by atoms with Crippen LogP contribution in [-0.2, 0) is 11.2 Å². The van der Waals surface area contributed by atoms with E-state index in [0.29, 0.717) is 11.3 Å².